The van der Waals surface area contributed by atoms with Crippen molar-refractivity contribution in [2.45, 2.75) is 45.3 Å². The van der Waals surface area contributed by atoms with E-state index in [9.17, 15) is 9.90 Å². The number of carbonyl (C=O) groups is 1. The molecule has 1 aromatic carbocycles. The Kier molecular flexibility index (Phi) is 3.97. The molecule has 4 nitrogen and oxygen atoms in total. The summed E-state index contributed by atoms with van der Waals surface area (Å²) in [5.41, 5.74) is 2.47. The summed E-state index contributed by atoms with van der Waals surface area (Å²) in [7, 11) is 0. The molecule has 1 aliphatic rings. The van der Waals surface area contributed by atoms with E-state index in [0.717, 1.165) is 38.9 Å². The van der Waals surface area contributed by atoms with E-state index in [2.05, 4.69) is 46.9 Å². The van der Waals surface area contributed by atoms with Crippen molar-refractivity contribution in [3.05, 3.63) is 36.0 Å². The fraction of sp³-hybridized carbons (Fsp3) is 0.471. The van der Waals surface area contributed by atoms with Gasteiger partial charge in [0.15, 0.2) is 0 Å². The maximum atomic E-state index is 11.4. The Labute approximate surface area is 125 Å². The summed E-state index contributed by atoms with van der Waals surface area (Å²) in [4.78, 5) is 13.6. The molecule has 0 bridgehead atoms. The van der Waals surface area contributed by atoms with Crippen molar-refractivity contribution in [2.75, 3.05) is 6.54 Å². The van der Waals surface area contributed by atoms with Crippen LogP contribution in [0, 0.1) is 0 Å². The Morgan fingerprint density at radius 2 is 2.14 bits per heavy atom. The van der Waals surface area contributed by atoms with E-state index in [1.807, 2.05) is 0 Å². The highest BCUT2D eigenvalue weighted by molar-refractivity contribution is 5.84. The number of aryl methyl sites for hydroxylation is 1. The van der Waals surface area contributed by atoms with Gasteiger partial charge in [0.2, 0.25) is 0 Å². The maximum Gasteiger partial charge on any atom is 0.320 e. The first-order chi connectivity index (χ1) is 10.2. The van der Waals surface area contributed by atoms with E-state index in [-0.39, 0.29) is 6.04 Å². The van der Waals surface area contributed by atoms with Crippen LogP contribution >= 0.6 is 0 Å². The van der Waals surface area contributed by atoms with Crippen molar-refractivity contribution < 1.29 is 9.90 Å². The average molecular weight is 286 g/mol. The predicted molar refractivity (Wildman–Crippen MR) is 83.3 cm³/mol. The van der Waals surface area contributed by atoms with Crippen molar-refractivity contribution in [2.24, 2.45) is 0 Å². The molecular formula is C17H22N2O2. The van der Waals surface area contributed by atoms with Crippen LogP contribution in [0.1, 0.15) is 31.7 Å². The molecule has 0 saturated carbocycles. The monoisotopic (exact) mass is 286 g/mol. The van der Waals surface area contributed by atoms with Crippen molar-refractivity contribution in [1.29, 1.82) is 0 Å². The van der Waals surface area contributed by atoms with Crippen molar-refractivity contribution >= 4 is 16.9 Å². The Hall–Kier alpha value is -1.81. The summed E-state index contributed by atoms with van der Waals surface area (Å²) < 4.78 is 2.24. The summed E-state index contributed by atoms with van der Waals surface area (Å²) in [5.74, 6) is -0.686. The van der Waals surface area contributed by atoms with Gasteiger partial charge in [0.05, 0.1) is 0 Å². The highest BCUT2D eigenvalue weighted by Crippen LogP contribution is 2.26. The van der Waals surface area contributed by atoms with Gasteiger partial charge in [0.25, 0.3) is 0 Å². The molecule has 1 atom stereocenters. The number of aromatic nitrogens is 1. The summed E-state index contributed by atoms with van der Waals surface area (Å²) in [6.45, 7) is 4.67. The lowest BCUT2D eigenvalue weighted by molar-refractivity contribution is -0.144. The highest BCUT2D eigenvalue weighted by atomic mass is 16.4. The molecule has 3 rings (SSSR count). The lowest BCUT2D eigenvalue weighted by Crippen LogP contribution is -2.43. The summed E-state index contributed by atoms with van der Waals surface area (Å²) >= 11 is 0. The van der Waals surface area contributed by atoms with Crippen LogP contribution in [0.15, 0.2) is 30.5 Å². The van der Waals surface area contributed by atoms with Crippen LogP contribution in [0.5, 0.6) is 0 Å². The molecular weight excluding hydrogens is 264 g/mol. The number of rotatable bonds is 4. The lowest BCUT2D eigenvalue weighted by Gasteiger charge is -2.32. The number of para-hydroxylation sites is 1. The third-order valence-electron chi connectivity index (χ3n) is 4.48. The molecule has 112 valence electrons. The quantitative estimate of drug-likeness (QED) is 0.939. The number of piperidine rings is 1. The fourth-order valence-electron chi connectivity index (χ4n) is 3.39. The molecule has 0 amide bonds. The van der Waals surface area contributed by atoms with E-state index in [1.165, 1.54) is 16.5 Å². The second kappa shape index (κ2) is 5.90. The Morgan fingerprint density at radius 3 is 2.90 bits per heavy atom. The number of aliphatic carboxylic acids is 1. The number of hydrogen-bond acceptors (Lipinski definition) is 2. The van der Waals surface area contributed by atoms with E-state index in [4.69, 9.17) is 0 Å². The van der Waals surface area contributed by atoms with Crippen LogP contribution in [0.4, 0.5) is 0 Å². The lowest BCUT2D eigenvalue weighted by atomic mass is 10.0. The first-order valence-electron chi connectivity index (χ1n) is 7.74. The van der Waals surface area contributed by atoms with Crippen LogP contribution < -0.4 is 0 Å². The molecule has 1 aromatic heterocycles. The standard InChI is InChI=1S/C17H22N2O2/c1-2-18-11-13(14-7-3-4-8-15(14)18)12-19-10-6-5-9-16(19)17(20)21/h3-4,7-8,11,16H,2,5-6,9-10,12H2,1H3,(H,20,21). The second-order valence-electron chi connectivity index (χ2n) is 5.78. The van der Waals surface area contributed by atoms with Crippen LogP contribution in [0.2, 0.25) is 0 Å². The molecule has 0 spiro atoms. The number of carboxylic acids is 1. The van der Waals surface area contributed by atoms with Gasteiger partial charge in [0.1, 0.15) is 6.04 Å². The number of fused-ring (bicyclic) bond motifs is 1. The van der Waals surface area contributed by atoms with Gasteiger partial charge in [-0.2, -0.15) is 0 Å². The van der Waals surface area contributed by atoms with E-state index in [1.54, 1.807) is 0 Å². The smallest absolute Gasteiger partial charge is 0.320 e. The SMILES string of the molecule is CCn1cc(CN2CCCCC2C(=O)O)c2ccccc21. The second-order valence-corrected chi connectivity index (χ2v) is 5.78. The molecule has 2 aromatic rings. The Balaban J connectivity index is 1.92. The number of likely N-dealkylation sites (tertiary alicyclic amines) is 1. The van der Waals surface area contributed by atoms with Gasteiger partial charge < -0.3 is 9.67 Å². The molecule has 4 heteroatoms. The normalized spacial score (nSPS) is 20.0. The van der Waals surface area contributed by atoms with Crippen molar-refractivity contribution in [3.8, 4) is 0 Å². The summed E-state index contributed by atoms with van der Waals surface area (Å²) in [5, 5.41) is 10.6. The Bertz CT molecular complexity index is 647. The predicted octanol–water partition coefficient (Wildman–Crippen LogP) is 3.10. The summed E-state index contributed by atoms with van der Waals surface area (Å²) in [6.07, 6.45) is 5.06. The maximum absolute atomic E-state index is 11.4. The molecule has 1 saturated heterocycles. The van der Waals surface area contributed by atoms with Crippen LogP contribution in [0.25, 0.3) is 10.9 Å². The number of hydrogen-bond donors (Lipinski definition) is 1. The van der Waals surface area contributed by atoms with Gasteiger partial charge in [-0.3, -0.25) is 9.69 Å². The van der Waals surface area contributed by atoms with Crippen molar-refractivity contribution in [1.82, 2.24) is 9.47 Å². The Morgan fingerprint density at radius 1 is 1.33 bits per heavy atom. The van der Waals surface area contributed by atoms with Gasteiger partial charge >= 0.3 is 5.97 Å². The zero-order valence-electron chi connectivity index (χ0n) is 12.5. The molecule has 0 radical (unpaired) electrons. The van der Waals surface area contributed by atoms with Gasteiger partial charge in [-0.25, -0.2) is 0 Å². The topological polar surface area (TPSA) is 45.5 Å². The third kappa shape index (κ3) is 2.68. The van der Waals surface area contributed by atoms with Crippen LogP contribution in [-0.2, 0) is 17.9 Å². The third-order valence-corrected chi connectivity index (χ3v) is 4.48. The molecule has 1 unspecified atom stereocenters. The molecule has 1 N–H and O–H groups in total. The van der Waals surface area contributed by atoms with E-state index >= 15 is 0 Å². The molecule has 2 heterocycles. The van der Waals surface area contributed by atoms with E-state index < -0.39 is 5.97 Å². The summed E-state index contributed by atoms with van der Waals surface area (Å²) in [6, 6.07) is 8.04. The molecule has 0 aliphatic carbocycles. The van der Waals surface area contributed by atoms with Gasteiger partial charge in [-0.1, -0.05) is 24.6 Å². The average Bonchev–Trinajstić information content (AvgIpc) is 2.86. The first kappa shape index (κ1) is 14.1. The fourth-order valence-corrected chi connectivity index (χ4v) is 3.39. The molecule has 1 fully saturated rings. The van der Waals surface area contributed by atoms with E-state index in [0.29, 0.717) is 0 Å². The molecule has 21 heavy (non-hydrogen) atoms. The van der Waals surface area contributed by atoms with Crippen molar-refractivity contribution in [3.63, 3.8) is 0 Å². The van der Waals surface area contributed by atoms with Gasteiger partial charge in [-0.15, -0.1) is 0 Å². The van der Waals surface area contributed by atoms with Crippen LogP contribution in [0.3, 0.4) is 0 Å². The zero-order chi connectivity index (χ0) is 14.8. The van der Waals surface area contributed by atoms with Gasteiger partial charge in [0, 0.05) is 30.2 Å². The first-order valence-corrected chi connectivity index (χ1v) is 7.74. The number of carboxylic acid groups (broad SMARTS) is 1. The number of nitrogens with zero attached hydrogens (tertiary/aromatic N) is 2. The minimum absolute atomic E-state index is 0.331. The minimum Gasteiger partial charge on any atom is -0.480 e. The zero-order valence-corrected chi connectivity index (χ0v) is 12.5. The molecule has 1 aliphatic heterocycles. The minimum atomic E-state index is -0.686. The van der Waals surface area contributed by atoms with Crippen LogP contribution in [-0.4, -0.2) is 33.1 Å². The largest absolute Gasteiger partial charge is 0.480 e. The van der Waals surface area contributed by atoms with Gasteiger partial charge in [-0.05, 0) is 37.9 Å². The number of benzene rings is 1. The highest BCUT2D eigenvalue weighted by Gasteiger charge is 2.28.